The Kier molecular flexibility index (Phi) is 3.79. The van der Waals surface area contributed by atoms with Crippen LogP contribution >= 0.6 is 11.3 Å². The highest BCUT2D eigenvalue weighted by Crippen LogP contribution is 2.29. The maximum absolute atomic E-state index is 11.8. The van der Waals surface area contributed by atoms with Crippen LogP contribution in [0.2, 0.25) is 0 Å². The first kappa shape index (κ1) is 12.5. The van der Waals surface area contributed by atoms with Crippen molar-refractivity contribution in [2.45, 2.75) is 45.6 Å². The first-order valence-corrected chi connectivity index (χ1v) is 6.96. The number of hydrogen-bond acceptors (Lipinski definition) is 4. The molecule has 1 aromatic rings. The van der Waals surface area contributed by atoms with Crippen LogP contribution < -0.4 is 11.1 Å². The molecule has 0 spiro atoms. The van der Waals surface area contributed by atoms with Gasteiger partial charge in [0.05, 0.1) is 5.69 Å². The third kappa shape index (κ3) is 2.84. The molecule has 1 unspecified atom stereocenters. The predicted molar refractivity (Wildman–Crippen MR) is 70.2 cm³/mol. The number of aromatic nitrogens is 1. The number of nitrogens with one attached hydrogen (secondary N) is 1. The number of carbonyl (C=O) groups is 1. The van der Waals surface area contributed by atoms with Crippen LogP contribution in [0.25, 0.3) is 0 Å². The molecule has 1 aliphatic rings. The molecule has 94 valence electrons. The summed E-state index contributed by atoms with van der Waals surface area (Å²) < 4.78 is 0. The van der Waals surface area contributed by atoms with Crippen molar-refractivity contribution in [2.24, 2.45) is 11.7 Å². The Morgan fingerprint density at radius 2 is 2.47 bits per heavy atom. The van der Waals surface area contributed by atoms with E-state index in [2.05, 4.69) is 10.3 Å². The van der Waals surface area contributed by atoms with Crippen LogP contribution in [0.1, 0.15) is 37.3 Å². The summed E-state index contributed by atoms with van der Waals surface area (Å²) in [5.74, 6) is 0.0982. The Morgan fingerprint density at radius 1 is 1.71 bits per heavy atom. The maximum Gasteiger partial charge on any atom is 0.228 e. The summed E-state index contributed by atoms with van der Waals surface area (Å²) in [5.41, 5.74) is 7.04. The number of amides is 1. The molecule has 3 N–H and O–H groups in total. The highest BCUT2D eigenvalue weighted by molar-refractivity contribution is 7.15. The van der Waals surface area contributed by atoms with Gasteiger partial charge in [0.1, 0.15) is 0 Å². The molecule has 0 aromatic carbocycles. The molecule has 0 bridgehead atoms. The van der Waals surface area contributed by atoms with E-state index in [9.17, 15) is 4.79 Å². The van der Waals surface area contributed by atoms with Crippen molar-refractivity contribution in [1.29, 1.82) is 0 Å². The molecule has 2 rings (SSSR count). The Balaban J connectivity index is 2.06. The lowest BCUT2D eigenvalue weighted by atomic mass is 9.99. The largest absolute Gasteiger partial charge is 0.327 e. The fourth-order valence-electron chi connectivity index (χ4n) is 1.87. The van der Waals surface area contributed by atoms with Crippen molar-refractivity contribution >= 4 is 22.4 Å². The Morgan fingerprint density at radius 3 is 3.18 bits per heavy atom. The summed E-state index contributed by atoms with van der Waals surface area (Å²) in [5, 5.41) is 3.62. The van der Waals surface area contributed by atoms with E-state index in [0.29, 0.717) is 0 Å². The van der Waals surface area contributed by atoms with Gasteiger partial charge in [-0.15, -0.1) is 11.3 Å². The second-order valence-electron chi connectivity index (χ2n) is 4.69. The average Bonchev–Trinajstić information content (AvgIpc) is 2.69. The molecule has 0 radical (unpaired) electrons. The number of nitrogens with zero attached hydrogens (tertiary/aromatic N) is 1. The number of aryl methyl sites for hydroxylation is 1. The van der Waals surface area contributed by atoms with Crippen molar-refractivity contribution in [3.8, 4) is 0 Å². The molecular formula is C12H19N3OS. The molecule has 4 nitrogen and oxygen atoms in total. The van der Waals surface area contributed by atoms with E-state index in [1.165, 1.54) is 4.88 Å². The highest BCUT2D eigenvalue weighted by Gasteiger charge is 2.21. The average molecular weight is 253 g/mol. The van der Waals surface area contributed by atoms with Crippen molar-refractivity contribution in [1.82, 2.24) is 4.98 Å². The van der Waals surface area contributed by atoms with Crippen LogP contribution in [0, 0.1) is 5.92 Å². The maximum atomic E-state index is 11.8. The van der Waals surface area contributed by atoms with E-state index < -0.39 is 0 Å². The lowest BCUT2D eigenvalue weighted by molar-refractivity contribution is -0.119. The summed E-state index contributed by atoms with van der Waals surface area (Å²) in [6, 6.07) is 0.251. The normalized spacial score (nSPS) is 20.8. The van der Waals surface area contributed by atoms with E-state index in [1.54, 1.807) is 11.3 Å². The number of anilines is 1. The van der Waals surface area contributed by atoms with E-state index in [-0.39, 0.29) is 17.9 Å². The van der Waals surface area contributed by atoms with Gasteiger partial charge < -0.3 is 11.1 Å². The van der Waals surface area contributed by atoms with Crippen LogP contribution in [-0.4, -0.2) is 16.9 Å². The lowest BCUT2D eigenvalue weighted by Gasteiger charge is -2.15. The number of fused-ring (bicyclic) bond motifs is 1. The van der Waals surface area contributed by atoms with Crippen molar-refractivity contribution in [3.05, 3.63) is 10.6 Å². The van der Waals surface area contributed by atoms with Crippen LogP contribution in [-0.2, 0) is 17.6 Å². The second-order valence-corrected chi connectivity index (χ2v) is 5.77. The topological polar surface area (TPSA) is 68.0 Å². The quantitative estimate of drug-likeness (QED) is 0.865. The molecule has 0 saturated heterocycles. The van der Waals surface area contributed by atoms with E-state index in [0.717, 1.165) is 36.5 Å². The zero-order valence-corrected chi connectivity index (χ0v) is 11.1. The third-order valence-electron chi connectivity index (χ3n) is 3.27. The minimum atomic E-state index is 0.0400. The molecule has 1 aliphatic carbocycles. The number of nitrogens with two attached hydrogens (primary N) is 1. The number of carbonyl (C=O) groups excluding carboxylic acids is 1. The van der Waals surface area contributed by atoms with Gasteiger partial charge in [0, 0.05) is 16.8 Å². The minimum Gasteiger partial charge on any atom is -0.327 e. The molecule has 1 aromatic heterocycles. The van der Waals surface area contributed by atoms with Gasteiger partial charge in [-0.1, -0.05) is 13.8 Å². The summed E-state index contributed by atoms with van der Waals surface area (Å²) in [6.07, 6.45) is 3.68. The van der Waals surface area contributed by atoms with E-state index >= 15 is 0 Å². The number of rotatable bonds is 3. The molecule has 0 saturated carbocycles. The summed E-state index contributed by atoms with van der Waals surface area (Å²) in [7, 11) is 0. The monoisotopic (exact) mass is 253 g/mol. The Labute approximate surface area is 106 Å². The van der Waals surface area contributed by atoms with Gasteiger partial charge in [0.25, 0.3) is 0 Å². The smallest absolute Gasteiger partial charge is 0.228 e. The van der Waals surface area contributed by atoms with Crippen LogP contribution in [0.4, 0.5) is 5.13 Å². The Hall–Kier alpha value is -0.940. The van der Waals surface area contributed by atoms with Gasteiger partial charge in [-0.3, -0.25) is 4.79 Å². The SMILES string of the molecule is CCC(C)C(=O)Nc1nc2c(s1)C[C@@H](N)CC2. The molecule has 2 atom stereocenters. The molecule has 5 heteroatoms. The standard InChI is InChI=1S/C12H19N3OS/c1-3-7(2)11(16)15-12-14-9-5-4-8(13)6-10(9)17-12/h7-8H,3-6,13H2,1-2H3,(H,14,15,16)/t7?,8-/m0/s1. The Bertz CT molecular complexity index is 416. The fraction of sp³-hybridized carbons (Fsp3) is 0.667. The van der Waals surface area contributed by atoms with Crippen molar-refractivity contribution in [2.75, 3.05) is 5.32 Å². The van der Waals surface area contributed by atoms with Gasteiger partial charge in [-0.05, 0) is 25.7 Å². The summed E-state index contributed by atoms with van der Waals surface area (Å²) >= 11 is 1.57. The van der Waals surface area contributed by atoms with Gasteiger partial charge in [0.15, 0.2) is 5.13 Å². The van der Waals surface area contributed by atoms with Crippen molar-refractivity contribution in [3.63, 3.8) is 0 Å². The zero-order chi connectivity index (χ0) is 12.4. The van der Waals surface area contributed by atoms with Gasteiger partial charge in [-0.2, -0.15) is 0 Å². The molecule has 0 fully saturated rings. The second kappa shape index (κ2) is 5.14. The number of thiazole rings is 1. The van der Waals surface area contributed by atoms with E-state index in [4.69, 9.17) is 5.73 Å². The third-order valence-corrected chi connectivity index (χ3v) is 4.30. The predicted octanol–water partition coefficient (Wildman–Crippen LogP) is 1.94. The number of hydrogen-bond donors (Lipinski definition) is 2. The van der Waals surface area contributed by atoms with E-state index in [1.807, 2.05) is 13.8 Å². The summed E-state index contributed by atoms with van der Waals surface area (Å²) in [6.45, 7) is 3.94. The molecule has 1 heterocycles. The highest BCUT2D eigenvalue weighted by atomic mass is 32.1. The van der Waals surface area contributed by atoms with Crippen LogP contribution in [0.3, 0.4) is 0 Å². The molecular weight excluding hydrogens is 234 g/mol. The van der Waals surface area contributed by atoms with Crippen LogP contribution in [0.5, 0.6) is 0 Å². The minimum absolute atomic E-state index is 0.0400. The van der Waals surface area contributed by atoms with Gasteiger partial charge in [0.2, 0.25) is 5.91 Å². The summed E-state index contributed by atoms with van der Waals surface area (Å²) in [4.78, 5) is 17.5. The van der Waals surface area contributed by atoms with Crippen LogP contribution in [0.15, 0.2) is 0 Å². The zero-order valence-electron chi connectivity index (χ0n) is 10.3. The van der Waals surface area contributed by atoms with Gasteiger partial charge >= 0.3 is 0 Å². The molecule has 0 aliphatic heterocycles. The first-order valence-electron chi connectivity index (χ1n) is 6.15. The molecule has 17 heavy (non-hydrogen) atoms. The fourth-order valence-corrected chi connectivity index (χ4v) is 2.97. The molecule has 1 amide bonds. The van der Waals surface area contributed by atoms with Gasteiger partial charge in [-0.25, -0.2) is 4.98 Å². The first-order chi connectivity index (χ1) is 8.10. The lowest BCUT2D eigenvalue weighted by Crippen LogP contribution is -2.27. The van der Waals surface area contributed by atoms with Crippen molar-refractivity contribution < 1.29 is 4.79 Å².